The largest absolute Gasteiger partial charge is 0.325 e. The molecule has 0 bridgehead atoms. The molecule has 0 aromatic heterocycles. The molecule has 8 heteroatoms. The number of anilines is 1. The Kier molecular flexibility index (Phi) is 4.59. The third-order valence-electron chi connectivity index (χ3n) is 2.95. The summed E-state index contributed by atoms with van der Waals surface area (Å²) < 4.78 is 13.2. The van der Waals surface area contributed by atoms with Crippen LogP contribution >= 0.6 is 0 Å². The molecule has 0 saturated carbocycles. The summed E-state index contributed by atoms with van der Waals surface area (Å²) in [5, 5.41) is 16.3. The molecule has 1 aliphatic heterocycles. The summed E-state index contributed by atoms with van der Waals surface area (Å²) in [4.78, 5) is 23.7. The van der Waals surface area contributed by atoms with E-state index < -0.39 is 10.7 Å². The second-order valence-electron chi connectivity index (χ2n) is 4.53. The highest BCUT2D eigenvalue weighted by Crippen LogP contribution is 2.19. The fourth-order valence-corrected chi connectivity index (χ4v) is 2.02. The Balaban J connectivity index is 1.98. The van der Waals surface area contributed by atoms with Crippen molar-refractivity contribution in [2.24, 2.45) is 0 Å². The quantitative estimate of drug-likeness (QED) is 0.623. The van der Waals surface area contributed by atoms with E-state index in [1.54, 1.807) is 0 Å². The number of hydrogen-bond acceptors (Lipinski definition) is 5. The Labute approximate surface area is 114 Å². The van der Waals surface area contributed by atoms with Crippen molar-refractivity contribution in [3.05, 3.63) is 34.1 Å². The maximum absolute atomic E-state index is 13.2. The van der Waals surface area contributed by atoms with Crippen LogP contribution in [0.3, 0.4) is 0 Å². The fourth-order valence-electron chi connectivity index (χ4n) is 2.02. The van der Waals surface area contributed by atoms with E-state index in [-0.39, 0.29) is 23.8 Å². The minimum atomic E-state index is -0.753. The van der Waals surface area contributed by atoms with E-state index in [1.165, 1.54) is 0 Å². The van der Waals surface area contributed by atoms with Crippen molar-refractivity contribution in [3.8, 4) is 0 Å². The molecule has 0 unspecified atom stereocenters. The molecule has 0 aliphatic carbocycles. The van der Waals surface area contributed by atoms with Gasteiger partial charge in [0.1, 0.15) is 5.82 Å². The normalized spacial score (nSPS) is 15.8. The van der Waals surface area contributed by atoms with Gasteiger partial charge < -0.3 is 10.6 Å². The highest BCUT2D eigenvalue weighted by molar-refractivity contribution is 5.92. The van der Waals surface area contributed by atoms with E-state index in [4.69, 9.17) is 0 Å². The van der Waals surface area contributed by atoms with Gasteiger partial charge in [0.15, 0.2) is 0 Å². The molecule has 108 valence electrons. The monoisotopic (exact) mass is 282 g/mol. The van der Waals surface area contributed by atoms with Gasteiger partial charge in [0.05, 0.1) is 23.2 Å². The SMILES string of the molecule is O=C(CN1CCNCC1)Nc1cc(F)cc([N+](=O)[O-])c1. The number of benzene rings is 1. The molecule has 20 heavy (non-hydrogen) atoms. The van der Waals surface area contributed by atoms with Gasteiger partial charge in [-0.05, 0) is 6.07 Å². The van der Waals surface area contributed by atoms with Crippen molar-refractivity contribution in [2.75, 3.05) is 38.0 Å². The first kappa shape index (κ1) is 14.4. The molecule has 1 heterocycles. The Morgan fingerprint density at radius 1 is 1.40 bits per heavy atom. The number of carbonyl (C=O) groups excluding carboxylic acids is 1. The first-order valence-corrected chi connectivity index (χ1v) is 6.22. The first-order chi connectivity index (χ1) is 9.54. The van der Waals surface area contributed by atoms with Crippen LogP contribution in [0.2, 0.25) is 0 Å². The second-order valence-corrected chi connectivity index (χ2v) is 4.53. The summed E-state index contributed by atoms with van der Waals surface area (Å²) in [7, 11) is 0. The third-order valence-corrected chi connectivity index (χ3v) is 2.95. The summed E-state index contributed by atoms with van der Waals surface area (Å²) in [5.41, 5.74) is -0.292. The van der Waals surface area contributed by atoms with Gasteiger partial charge in [-0.1, -0.05) is 0 Å². The van der Waals surface area contributed by atoms with Gasteiger partial charge in [0.25, 0.3) is 5.69 Å². The van der Waals surface area contributed by atoms with Crippen molar-refractivity contribution in [1.29, 1.82) is 0 Å². The summed E-state index contributed by atoms with van der Waals surface area (Å²) in [6.45, 7) is 3.34. The zero-order chi connectivity index (χ0) is 14.5. The lowest BCUT2D eigenvalue weighted by Gasteiger charge is -2.26. The smallest absolute Gasteiger partial charge is 0.274 e. The Morgan fingerprint density at radius 3 is 2.75 bits per heavy atom. The lowest BCUT2D eigenvalue weighted by atomic mass is 10.2. The average molecular weight is 282 g/mol. The Hall–Kier alpha value is -2.06. The van der Waals surface area contributed by atoms with Gasteiger partial charge in [0, 0.05) is 32.2 Å². The van der Waals surface area contributed by atoms with E-state index in [0.29, 0.717) is 0 Å². The zero-order valence-electron chi connectivity index (χ0n) is 10.8. The van der Waals surface area contributed by atoms with Crippen LogP contribution in [0.25, 0.3) is 0 Å². The maximum atomic E-state index is 13.2. The fraction of sp³-hybridized carbons (Fsp3) is 0.417. The maximum Gasteiger partial charge on any atom is 0.274 e. The molecule has 7 nitrogen and oxygen atoms in total. The molecular formula is C12H15FN4O3. The Bertz CT molecular complexity index is 517. The van der Waals surface area contributed by atoms with Gasteiger partial charge in [0.2, 0.25) is 5.91 Å². The van der Waals surface area contributed by atoms with Gasteiger partial charge in [-0.3, -0.25) is 19.8 Å². The van der Waals surface area contributed by atoms with Gasteiger partial charge >= 0.3 is 0 Å². The number of piperazine rings is 1. The summed E-state index contributed by atoms with van der Waals surface area (Å²) in [5.74, 6) is -1.07. The number of nitro benzene ring substituents is 1. The number of nitrogens with zero attached hydrogens (tertiary/aromatic N) is 2. The third kappa shape index (κ3) is 3.97. The average Bonchev–Trinajstić information content (AvgIpc) is 2.38. The molecule has 1 aromatic rings. The predicted octanol–water partition coefficient (Wildman–Crippen LogP) is 0.578. The minimum absolute atomic E-state index is 0.0943. The van der Waals surface area contributed by atoms with Crippen molar-refractivity contribution >= 4 is 17.3 Å². The summed E-state index contributed by atoms with van der Waals surface area (Å²) in [6, 6.07) is 3.01. The lowest BCUT2D eigenvalue weighted by molar-refractivity contribution is -0.385. The summed E-state index contributed by atoms with van der Waals surface area (Å²) in [6.07, 6.45) is 0. The van der Waals surface area contributed by atoms with Crippen molar-refractivity contribution in [2.45, 2.75) is 0 Å². The number of non-ortho nitro benzene ring substituents is 1. The molecule has 2 rings (SSSR count). The van der Waals surface area contributed by atoms with Crippen LogP contribution in [-0.4, -0.2) is 48.5 Å². The van der Waals surface area contributed by atoms with Crippen LogP contribution in [0.5, 0.6) is 0 Å². The number of nitrogens with one attached hydrogen (secondary N) is 2. The number of halogens is 1. The molecule has 1 aliphatic rings. The van der Waals surface area contributed by atoms with Crippen molar-refractivity contribution < 1.29 is 14.1 Å². The molecule has 1 fully saturated rings. The van der Waals surface area contributed by atoms with E-state index in [0.717, 1.165) is 44.4 Å². The number of rotatable bonds is 4. The molecule has 0 spiro atoms. The van der Waals surface area contributed by atoms with Crippen LogP contribution in [0, 0.1) is 15.9 Å². The van der Waals surface area contributed by atoms with E-state index >= 15 is 0 Å². The van der Waals surface area contributed by atoms with Crippen molar-refractivity contribution in [3.63, 3.8) is 0 Å². The molecule has 1 aromatic carbocycles. The van der Waals surface area contributed by atoms with Gasteiger partial charge in [-0.25, -0.2) is 4.39 Å². The molecule has 1 saturated heterocycles. The van der Waals surface area contributed by atoms with Gasteiger partial charge in [-0.2, -0.15) is 0 Å². The number of carbonyl (C=O) groups is 1. The molecule has 1 amide bonds. The molecular weight excluding hydrogens is 267 g/mol. The second kappa shape index (κ2) is 6.40. The summed E-state index contributed by atoms with van der Waals surface area (Å²) >= 11 is 0. The van der Waals surface area contributed by atoms with E-state index in [2.05, 4.69) is 10.6 Å². The van der Waals surface area contributed by atoms with Crippen LogP contribution in [0.4, 0.5) is 15.8 Å². The van der Waals surface area contributed by atoms with E-state index in [1.807, 2.05) is 4.90 Å². The lowest BCUT2D eigenvalue weighted by Crippen LogP contribution is -2.46. The van der Waals surface area contributed by atoms with Crippen LogP contribution in [-0.2, 0) is 4.79 Å². The Morgan fingerprint density at radius 2 is 2.10 bits per heavy atom. The van der Waals surface area contributed by atoms with Crippen LogP contribution in [0.15, 0.2) is 18.2 Å². The number of amides is 1. The number of nitro groups is 1. The van der Waals surface area contributed by atoms with E-state index in [9.17, 15) is 19.3 Å². The highest BCUT2D eigenvalue weighted by atomic mass is 19.1. The minimum Gasteiger partial charge on any atom is -0.325 e. The predicted molar refractivity (Wildman–Crippen MR) is 71.0 cm³/mol. The molecule has 2 N–H and O–H groups in total. The topological polar surface area (TPSA) is 87.5 Å². The van der Waals surface area contributed by atoms with Crippen LogP contribution < -0.4 is 10.6 Å². The first-order valence-electron chi connectivity index (χ1n) is 6.22. The zero-order valence-corrected chi connectivity index (χ0v) is 10.8. The number of hydrogen-bond donors (Lipinski definition) is 2. The van der Waals surface area contributed by atoms with Gasteiger partial charge in [-0.15, -0.1) is 0 Å². The van der Waals surface area contributed by atoms with Crippen LogP contribution in [0.1, 0.15) is 0 Å². The highest BCUT2D eigenvalue weighted by Gasteiger charge is 2.15. The van der Waals surface area contributed by atoms with Crippen molar-refractivity contribution in [1.82, 2.24) is 10.2 Å². The molecule has 0 atom stereocenters. The standard InChI is InChI=1S/C12H15FN4O3/c13-9-5-10(7-11(6-9)17(19)20)15-12(18)8-16-3-1-14-2-4-16/h5-7,14H,1-4,8H2,(H,15,18). The molecule has 0 radical (unpaired) electrons.